The van der Waals surface area contributed by atoms with Gasteiger partial charge in [0, 0.05) is 24.7 Å². The summed E-state index contributed by atoms with van der Waals surface area (Å²) in [6.07, 6.45) is 0.619. The van der Waals surface area contributed by atoms with Gasteiger partial charge in [0.2, 0.25) is 5.91 Å². The van der Waals surface area contributed by atoms with E-state index < -0.39 is 21.0 Å². The van der Waals surface area contributed by atoms with Crippen molar-refractivity contribution in [1.29, 1.82) is 0 Å². The van der Waals surface area contributed by atoms with Crippen molar-refractivity contribution in [3.8, 4) is 0 Å². The number of nitrogen functional groups attached to an aromatic ring is 1. The van der Waals surface area contributed by atoms with E-state index in [9.17, 15) is 13.2 Å². The Morgan fingerprint density at radius 2 is 2.14 bits per heavy atom. The van der Waals surface area contributed by atoms with Gasteiger partial charge < -0.3 is 15.8 Å². The minimum absolute atomic E-state index is 0.0450. The molecule has 0 fully saturated rings. The number of rotatable bonds is 7. The first kappa shape index (κ1) is 17.9. The fourth-order valence-electron chi connectivity index (χ4n) is 1.66. The number of benzene rings is 1. The zero-order valence-electron chi connectivity index (χ0n) is 11.9. The molecule has 8 heteroatoms. The van der Waals surface area contributed by atoms with E-state index >= 15 is 0 Å². The second-order valence-corrected chi connectivity index (χ2v) is 7.66. The highest BCUT2D eigenvalue weighted by Crippen LogP contribution is 2.26. The zero-order chi connectivity index (χ0) is 16.0. The number of amides is 1. The van der Waals surface area contributed by atoms with Crippen molar-refractivity contribution in [3.05, 3.63) is 22.7 Å². The van der Waals surface area contributed by atoms with Crippen LogP contribution in [0.5, 0.6) is 0 Å². The third-order valence-corrected chi connectivity index (χ3v) is 5.55. The molecule has 0 aliphatic carbocycles. The van der Waals surface area contributed by atoms with Crippen molar-refractivity contribution in [2.24, 2.45) is 0 Å². The van der Waals surface area contributed by atoms with Crippen molar-refractivity contribution in [2.75, 3.05) is 26.0 Å². The SMILES string of the molecule is COCCCNC(=O)C(C)S(=O)(=O)c1cc(Br)ccc1N. The molecule has 0 aliphatic rings. The maximum Gasteiger partial charge on any atom is 0.238 e. The smallest absolute Gasteiger partial charge is 0.238 e. The van der Waals surface area contributed by atoms with E-state index in [4.69, 9.17) is 10.5 Å². The van der Waals surface area contributed by atoms with Crippen LogP contribution in [0.4, 0.5) is 5.69 Å². The summed E-state index contributed by atoms with van der Waals surface area (Å²) < 4.78 is 30.3. The normalized spacial score (nSPS) is 12.9. The Morgan fingerprint density at radius 3 is 2.76 bits per heavy atom. The largest absolute Gasteiger partial charge is 0.398 e. The van der Waals surface area contributed by atoms with Crippen LogP contribution in [-0.4, -0.2) is 39.8 Å². The maximum absolute atomic E-state index is 12.4. The molecule has 0 bridgehead atoms. The van der Waals surface area contributed by atoms with Crippen LogP contribution in [0.2, 0.25) is 0 Å². The van der Waals surface area contributed by atoms with Crippen LogP contribution in [0.1, 0.15) is 13.3 Å². The summed E-state index contributed by atoms with van der Waals surface area (Å²) in [6.45, 7) is 2.21. The van der Waals surface area contributed by atoms with Crippen molar-refractivity contribution in [3.63, 3.8) is 0 Å². The molecule has 0 radical (unpaired) electrons. The van der Waals surface area contributed by atoms with Crippen molar-refractivity contribution >= 4 is 37.4 Å². The monoisotopic (exact) mass is 378 g/mol. The third kappa shape index (κ3) is 4.69. The van der Waals surface area contributed by atoms with E-state index in [1.807, 2.05) is 0 Å². The average molecular weight is 379 g/mol. The van der Waals surface area contributed by atoms with Gasteiger partial charge in [0.15, 0.2) is 9.84 Å². The Bertz CT molecular complexity index is 604. The number of ether oxygens (including phenoxy) is 1. The van der Waals surface area contributed by atoms with Crippen molar-refractivity contribution in [1.82, 2.24) is 5.32 Å². The highest BCUT2D eigenvalue weighted by atomic mass is 79.9. The van der Waals surface area contributed by atoms with Gasteiger partial charge in [-0.25, -0.2) is 8.42 Å². The number of sulfone groups is 1. The average Bonchev–Trinajstić information content (AvgIpc) is 2.45. The summed E-state index contributed by atoms with van der Waals surface area (Å²) in [6, 6.07) is 4.53. The summed E-state index contributed by atoms with van der Waals surface area (Å²) in [5, 5.41) is 1.37. The van der Waals surface area contributed by atoms with Gasteiger partial charge in [0.05, 0.1) is 10.6 Å². The topological polar surface area (TPSA) is 98.5 Å². The molecule has 0 saturated carbocycles. The third-order valence-electron chi connectivity index (χ3n) is 2.94. The highest BCUT2D eigenvalue weighted by Gasteiger charge is 2.31. The standard InChI is InChI=1S/C13H19BrN2O4S/c1-9(13(17)16-6-3-7-20-2)21(18,19)12-8-10(14)4-5-11(12)15/h4-5,8-9H,3,6-7,15H2,1-2H3,(H,16,17). The van der Waals surface area contributed by atoms with Crippen LogP contribution in [0.3, 0.4) is 0 Å². The molecular formula is C13H19BrN2O4S. The van der Waals surface area contributed by atoms with Gasteiger partial charge in [-0.15, -0.1) is 0 Å². The number of halogens is 1. The molecule has 3 N–H and O–H groups in total. The number of methoxy groups -OCH3 is 1. The predicted octanol–water partition coefficient (Wildman–Crippen LogP) is 1.35. The van der Waals surface area contributed by atoms with E-state index in [2.05, 4.69) is 21.2 Å². The molecule has 0 spiro atoms. The van der Waals surface area contributed by atoms with E-state index in [0.717, 1.165) is 0 Å². The van der Waals surface area contributed by atoms with Gasteiger partial charge >= 0.3 is 0 Å². The lowest BCUT2D eigenvalue weighted by atomic mass is 10.3. The summed E-state index contributed by atoms with van der Waals surface area (Å²) in [5.41, 5.74) is 5.83. The lowest BCUT2D eigenvalue weighted by Gasteiger charge is -2.15. The Balaban J connectivity index is 2.86. The molecule has 1 atom stereocenters. The molecule has 0 saturated heterocycles. The number of carbonyl (C=O) groups excluding carboxylic acids is 1. The molecule has 0 heterocycles. The number of hydrogen-bond donors (Lipinski definition) is 2. The fraction of sp³-hybridized carbons (Fsp3) is 0.462. The first-order valence-electron chi connectivity index (χ1n) is 6.36. The lowest BCUT2D eigenvalue weighted by Crippen LogP contribution is -2.38. The molecule has 1 amide bonds. The van der Waals surface area contributed by atoms with E-state index in [0.29, 0.717) is 24.0 Å². The van der Waals surface area contributed by atoms with E-state index in [1.165, 1.54) is 19.1 Å². The van der Waals surface area contributed by atoms with Gasteiger partial charge in [0.25, 0.3) is 0 Å². The predicted molar refractivity (Wildman–Crippen MR) is 84.7 cm³/mol. The fourth-order valence-corrected chi connectivity index (χ4v) is 3.60. The second-order valence-electron chi connectivity index (χ2n) is 4.51. The minimum atomic E-state index is -3.83. The summed E-state index contributed by atoms with van der Waals surface area (Å²) in [5.74, 6) is -0.550. The van der Waals surface area contributed by atoms with Crippen LogP contribution in [0.15, 0.2) is 27.6 Å². The van der Waals surface area contributed by atoms with E-state index in [1.54, 1.807) is 13.2 Å². The zero-order valence-corrected chi connectivity index (χ0v) is 14.3. The van der Waals surface area contributed by atoms with Crippen LogP contribution in [-0.2, 0) is 19.4 Å². The number of hydrogen-bond acceptors (Lipinski definition) is 5. The molecule has 1 unspecified atom stereocenters. The molecule has 0 aromatic heterocycles. The van der Waals surface area contributed by atoms with E-state index in [-0.39, 0.29) is 10.6 Å². The first-order chi connectivity index (χ1) is 9.80. The quantitative estimate of drug-likeness (QED) is 0.551. The van der Waals surface area contributed by atoms with Crippen molar-refractivity contribution < 1.29 is 17.9 Å². The molecule has 118 valence electrons. The molecule has 1 aromatic carbocycles. The molecule has 6 nitrogen and oxygen atoms in total. The highest BCUT2D eigenvalue weighted by molar-refractivity contribution is 9.10. The van der Waals surface area contributed by atoms with Gasteiger partial charge in [-0.3, -0.25) is 4.79 Å². The molecular weight excluding hydrogens is 360 g/mol. The first-order valence-corrected chi connectivity index (χ1v) is 8.70. The van der Waals surface area contributed by atoms with Crippen LogP contribution in [0.25, 0.3) is 0 Å². The van der Waals surface area contributed by atoms with Crippen LogP contribution >= 0.6 is 15.9 Å². The Labute approximate surface area is 133 Å². The summed E-state index contributed by atoms with van der Waals surface area (Å²) in [4.78, 5) is 11.9. The van der Waals surface area contributed by atoms with Gasteiger partial charge in [-0.2, -0.15) is 0 Å². The molecule has 1 aromatic rings. The molecule has 21 heavy (non-hydrogen) atoms. The lowest BCUT2D eigenvalue weighted by molar-refractivity contribution is -0.120. The summed E-state index contributed by atoms with van der Waals surface area (Å²) >= 11 is 3.20. The van der Waals surface area contributed by atoms with Gasteiger partial charge in [-0.1, -0.05) is 15.9 Å². The Hall–Kier alpha value is -1.12. The van der Waals surface area contributed by atoms with Crippen molar-refractivity contribution in [2.45, 2.75) is 23.5 Å². The number of anilines is 1. The minimum Gasteiger partial charge on any atom is -0.398 e. The van der Waals surface area contributed by atoms with Gasteiger partial charge in [0.1, 0.15) is 5.25 Å². The summed E-state index contributed by atoms with van der Waals surface area (Å²) in [7, 11) is -2.27. The Morgan fingerprint density at radius 1 is 1.48 bits per heavy atom. The van der Waals surface area contributed by atoms with Crippen LogP contribution < -0.4 is 11.1 Å². The number of nitrogens with two attached hydrogens (primary N) is 1. The maximum atomic E-state index is 12.4. The van der Waals surface area contributed by atoms with Crippen LogP contribution in [0, 0.1) is 0 Å². The van der Waals surface area contributed by atoms with Gasteiger partial charge in [-0.05, 0) is 31.5 Å². The number of carbonyl (C=O) groups is 1. The number of nitrogens with one attached hydrogen (secondary N) is 1. The molecule has 0 aliphatic heterocycles. The second kappa shape index (κ2) is 7.77. The Kier molecular flexibility index (Phi) is 6.63. The molecule has 1 rings (SSSR count).